The predicted molar refractivity (Wildman–Crippen MR) is 73.4 cm³/mol. The maximum absolute atomic E-state index is 12.0. The van der Waals surface area contributed by atoms with Gasteiger partial charge in [-0.15, -0.1) is 0 Å². The maximum atomic E-state index is 12.0. The Bertz CT molecular complexity index is 411. The van der Waals surface area contributed by atoms with Gasteiger partial charge in [-0.2, -0.15) is 0 Å². The van der Waals surface area contributed by atoms with Gasteiger partial charge in [0.2, 0.25) is 0 Å². The number of aryl methyl sites for hydroxylation is 1. The Morgan fingerprint density at radius 3 is 2.67 bits per heavy atom. The van der Waals surface area contributed by atoms with Gasteiger partial charge in [0.25, 0.3) is 0 Å². The normalized spacial score (nSPS) is 15.7. The molecule has 1 fully saturated rings. The Hall–Kier alpha value is -1.51. The van der Waals surface area contributed by atoms with Crippen LogP contribution in [0.3, 0.4) is 0 Å². The van der Waals surface area contributed by atoms with Crippen molar-refractivity contribution in [1.29, 1.82) is 0 Å². The first kappa shape index (κ1) is 12.9. The molecule has 1 aliphatic rings. The molecule has 0 aliphatic heterocycles. The van der Waals surface area contributed by atoms with Gasteiger partial charge in [0.05, 0.1) is 0 Å². The first-order valence-corrected chi connectivity index (χ1v) is 6.73. The quantitative estimate of drug-likeness (QED) is 0.873. The van der Waals surface area contributed by atoms with Gasteiger partial charge in [-0.25, -0.2) is 4.79 Å². The second-order valence-corrected chi connectivity index (χ2v) is 5.21. The number of benzene rings is 1. The number of amides is 2. The van der Waals surface area contributed by atoms with Crippen molar-refractivity contribution in [3.05, 3.63) is 35.4 Å². The predicted octanol–water partition coefficient (Wildman–Crippen LogP) is 3.08. The van der Waals surface area contributed by atoms with E-state index in [-0.39, 0.29) is 6.03 Å². The molecule has 2 amide bonds. The fraction of sp³-hybridized carbons (Fsp3) is 0.533. The highest BCUT2D eigenvalue weighted by molar-refractivity contribution is 5.74. The molecule has 18 heavy (non-hydrogen) atoms. The van der Waals surface area contributed by atoms with E-state index in [0.29, 0.717) is 12.6 Å². The minimum atomic E-state index is 0.0464. The molecule has 0 heterocycles. The van der Waals surface area contributed by atoms with Crippen molar-refractivity contribution in [3.8, 4) is 0 Å². The van der Waals surface area contributed by atoms with Crippen LogP contribution in [0.5, 0.6) is 0 Å². The van der Waals surface area contributed by atoms with Gasteiger partial charge in [0.15, 0.2) is 0 Å². The molecule has 2 rings (SSSR count). The summed E-state index contributed by atoms with van der Waals surface area (Å²) in [4.78, 5) is 13.8. The minimum Gasteiger partial charge on any atom is -0.335 e. The lowest BCUT2D eigenvalue weighted by atomic mass is 10.1. The molecule has 1 aliphatic carbocycles. The zero-order valence-corrected chi connectivity index (χ0v) is 11.3. The standard InChI is InChI=1S/C15H22N2O/c1-12-7-3-4-8-13(12)11-17(2)15(18)16-14-9-5-6-10-14/h3-4,7-8,14H,5-6,9-11H2,1-2H3,(H,16,18). The number of urea groups is 1. The molecule has 3 nitrogen and oxygen atoms in total. The molecule has 1 saturated carbocycles. The van der Waals surface area contributed by atoms with Crippen LogP contribution in [0, 0.1) is 6.92 Å². The molecule has 0 atom stereocenters. The lowest BCUT2D eigenvalue weighted by Crippen LogP contribution is -2.41. The van der Waals surface area contributed by atoms with Gasteiger partial charge in [-0.1, -0.05) is 37.1 Å². The number of carbonyl (C=O) groups is 1. The van der Waals surface area contributed by atoms with Crippen LogP contribution < -0.4 is 5.32 Å². The highest BCUT2D eigenvalue weighted by Crippen LogP contribution is 2.18. The summed E-state index contributed by atoms with van der Waals surface area (Å²) < 4.78 is 0. The molecule has 0 spiro atoms. The zero-order valence-electron chi connectivity index (χ0n) is 11.3. The number of rotatable bonds is 3. The van der Waals surface area contributed by atoms with Gasteiger partial charge in [-0.05, 0) is 30.9 Å². The summed E-state index contributed by atoms with van der Waals surface area (Å²) in [6.45, 7) is 2.75. The molecule has 0 saturated heterocycles. The second kappa shape index (κ2) is 5.89. The molecular formula is C15H22N2O. The number of hydrogen-bond acceptors (Lipinski definition) is 1. The fourth-order valence-electron chi connectivity index (χ4n) is 2.47. The largest absolute Gasteiger partial charge is 0.335 e. The first-order chi connectivity index (χ1) is 8.66. The third-order valence-electron chi connectivity index (χ3n) is 3.70. The lowest BCUT2D eigenvalue weighted by molar-refractivity contribution is 0.202. The molecule has 98 valence electrons. The van der Waals surface area contributed by atoms with Crippen molar-refractivity contribution in [2.75, 3.05) is 7.05 Å². The first-order valence-electron chi connectivity index (χ1n) is 6.73. The SMILES string of the molecule is Cc1ccccc1CN(C)C(=O)NC1CCCC1. The molecule has 0 radical (unpaired) electrons. The van der Waals surface area contributed by atoms with Crippen LogP contribution in [0.4, 0.5) is 4.79 Å². The van der Waals surface area contributed by atoms with E-state index in [1.807, 2.05) is 19.2 Å². The van der Waals surface area contributed by atoms with Gasteiger partial charge in [0.1, 0.15) is 0 Å². The van der Waals surface area contributed by atoms with Crippen LogP contribution in [0.25, 0.3) is 0 Å². The van der Waals surface area contributed by atoms with Crippen molar-refractivity contribution in [1.82, 2.24) is 10.2 Å². The molecule has 0 aromatic heterocycles. The molecule has 1 aromatic rings. The van der Waals surface area contributed by atoms with E-state index >= 15 is 0 Å². The smallest absolute Gasteiger partial charge is 0.317 e. The summed E-state index contributed by atoms with van der Waals surface area (Å²) in [7, 11) is 1.86. The summed E-state index contributed by atoms with van der Waals surface area (Å²) >= 11 is 0. The van der Waals surface area contributed by atoms with E-state index in [0.717, 1.165) is 12.8 Å². The molecule has 3 heteroatoms. The van der Waals surface area contributed by atoms with Crippen molar-refractivity contribution < 1.29 is 4.79 Å². The maximum Gasteiger partial charge on any atom is 0.317 e. The second-order valence-electron chi connectivity index (χ2n) is 5.21. The molecule has 1 N–H and O–H groups in total. The number of carbonyl (C=O) groups excluding carboxylic acids is 1. The molecule has 1 aromatic carbocycles. The lowest BCUT2D eigenvalue weighted by Gasteiger charge is -2.21. The van der Waals surface area contributed by atoms with Crippen LogP contribution in [-0.4, -0.2) is 24.0 Å². The topological polar surface area (TPSA) is 32.3 Å². The Balaban J connectivity index is 1.89. The Kier molecular flexibility index (Phi) is 4.24. The van der Waals surface area contributed by atoms with Crippen LogP contribution in [0.2, 0.25) is 0 Å². The van der Waals surface area contributed by atoms with Gasteiger partial charge in [0, 0.05) is 19.6 Å². The van der Waals surface area contributed by atoms with Crippen LogP contribution in [0.15, 0.2) is 24.3 Å². The van der Waals surface area contributed by atoms with Crippen LogP contribution >= 0.6 is 0 Å². The summed E-state index contributed by atoms with van der Waals surface area (Å²) in [6, 6.07) is 8.64. The van der Waals surface area contributed by atoms with Crippen LogP contribution in [-0.2, 0) is 6.54 Å². The number of hydrogen-bond donors (Lipinski definition) is 1. The van der Waals surface area contributed by atoms with Crippen molar-refractivity contribution in [3.63, 3.8) is 0 Å². The summed E-state index contributed by atoms with van der Waals surface area (Å²) in [5.74, 6) is 0. The van der Waals surface area contributed by atoms with E-state index < -0.39 is 0 Å². The van der Waals surface area contributed by atoms with E-state index in [4.69, 9.17) is 0 Å². The van der Waals surface area contributed by atoms with Gasteiger partial charge < -0.3 is 10.2 Å². The third-order valence-corrected chi connectivity index (χ3v) is 3.70. The van der Waals surface area contributed by atoms with Crippen molar-refractivity contribution >= 4 is 6.03 Å². The Labute approximate surface area is 109 Å². The van der Waals surface area contributed by atoms with Crippen molar-refractivity contribution in [2.24, 2.45) is 0 Å². The average Bonchev–Trinajstić information content (AvgIpc) is 2.84. The average molecular weight is 246 g/mol. The van der Waals surface area contributed by atoms with Crippen LogP contribution in [0.1, 0.15) is 36.8 Å². The van der Waals surface area contributed by atoms with E-state index in [1.165, 1.54) is 24.0 Å². The number of nitrogens with one attached hydrogen (secondary N) is 1. The van der Waals surface area contributed by atoms with Gasteiger partial charge in [-0.3, -0.25) is 0 Å². The highest BCUT2D eigenvalue weighted by atomic mass is 16.2. The van der Waals surface area contributed by atoms with E-state index in [2.05, 4.69) is 24.4 Å². The van der Waals surface area contributed by atoms with E-state index in [9.17, 15) is 4.79 Å². The van der Waals surface area contributed by atoms with Crippen molar-refractivity contribution in [2.45, 2.75) is 45.2 Å². The summed E-state index contributed by atoms with van der Waals surface area (Å²) in [6.07, 6.45) is 4.74. The van der Waals surface area contributed by atoms with E-state index in [1.54, 1.807) is 4.90 Å². The van der Waals surface area contributed by atoms with Gasteiger partial charge >= 0.3 is 6.03 Å². The Morgan fingerprint density at radius 1 is 1.33 bits per heavy atom. The summed E-state index contributed by atoms with van der Waals surface area (Å²) in [5, 5.41) is 3.11. The summed E-state index contributed by atoms with van der Waals surface area (Å²) in [5.41, 5.74) is 2.44. The third kappa shape index (κ3) is 3.25. The number of nitrogens with zero attached hydrogens (tertiary/aromatic N) is 1. The zero-order chi connectivity index (χ0) is 13.0. The Morgan fingerprint density at radius 2 is 2.00 bits per heavy atom. The molecule has 0 bridgehead atoms. The molecular weight excluding hydrogens is 224 g/mol. The molecule has 0 unspecified atom stereocenters. The highest BCUT2D eigenvalue weighted by Gasteiger charge is 2.19. The minimum absolute atomic E-state index is 0.0464. The monoisotopic (exact) mass is 246 g/mol. The fourth-order valence-corrected chi connectivity index (χ4v) is 2.47.